The van der Waals surface area contributed by atoms with Crippen molar-refractivity contribution in [2.24, 2.45) is 0 Å². The Morgan fingerprint density at radius 2 is 1.70 bits per heavy atom. The number of ether oxygens (including phenoxy) is 1. The number of anilines is 2. The molecule has 1 aromatic heterocycles. The fraction of sp³-hybridized carbons (Fsp3) is 0.810. The molecule has 6 heteroatoms. The van der Waals surface area contributed by atoms with Crippen molar-refractivity contribution in [3.8, 4) is 0 Å². The van der Waals surface area contributed by atoms with E-state index >= 15 is 0 Å². The number of rotatable bonds is 4. The minimum atomic E-state index is 0.440. The van der Waals surface area contributed by atoms with Gasteiger partial charge in [-0.15, -0.1) is 0 Å². The molecule has 0 aliphatic carbocycles. The van der Waals surface area contributed by atoms with E-state index in [0.717, 1.165) is 44.6 Å². The maximum atomic E-state index is 5.56. The van der Waals surface area contributed by atoms with E-state index in [-0.39, 0.29) is 0 Å². The van der Waals surface area contributed by atoms with Gasteiger partial charge in [-0.25, -0.2) is 4.98 Å². The number of nitrogens with zero attached hydrogens (tertiary/aromatic N) is 4. The Labute approximate surface area is 163 Å². The molecule has 0 bridgehead atoms. The lowest BCUT2D eigenvalue weighted by Crippen LogP contribution is -2.44. The molecule has 3 fully saturated rings. The van der Waals surface area contributed by atoms with Crippen LogP contribution in [-0.4, -0.2) is 66.3 Å². The van der Waals surface area contributed by atoms with Crippen molar-refractivity contribution < 1.29 is 4.74 Å². The largest absolute Gasteiger partial charge is 0.381 e. The van der Waals surface area contributed by atoms with Gasteiger partial charge in [-0.05, 0) is 51.1 Å². The zero-order chi connectivity index (χ0) is 18.3. The summed E-state index contributed by atoms with van der Waals surface area (Å²) in [6.45, 7) is 6.40. The van der Waals surface area contributed by atoms with Gasteiger partial charge >= 0.3 is 0 Å². The van der Waals surface area contributed by atoms with Crippen molar-refractivity contribution in [2.45, 2.75) is 69.9 Å². The number of hydrogen-bond acceptors (Lipinski definition) is 6. The summed E-state index contributed by atoms with van der Waals surface area (Å²) in [4.78, 5) is 14.5. The van der Waals surface area contributed by atoms with Crippen LogP contribution in [-0.2, 0) is 4.74 Å². The summed E-state index contributed by atoms with van der Waals surface area (Å²) in [5.41, 5.74) is 0. The van der Waals surface area contributed by atoms with E-state index in [4.69, 9.17) is 9.72 Å². The number of nitrogens with one attached hydrogen (secondary N) is 1. The van der Waals surface area contributed by atoms with Crippen LogP contribution in [0.15, 0.2) is 12.3 Å². The summed E-state index contributed by atoms with van der Waals surface area (Å²) >= 11 is 0. The smallest absolute Gasteiger partial charge is 0.224 e. The van der Waals surface area contributed by atoms with Gasteiger partial charge in [-0.3, -0.25) is 4.90 Å². The molecular formula is C21H35N5O. The molecule has 27 heavy (non-hydrogen) atoms. The highest BCUT2D eigenvalue weighted by Gasteiger charge is 2.26. The second-order valence-electron chi connectivity index (χ2n) is 8.32. The van der Waals surface area contributed by atoms with Crippen molar-refractivity contribution in [3.05, 3.63) is 12.3 Å². The van der Waals surface area contributed by atoms with E-state index in [9.17, 15) is 0 Å². The lowest BCUT2D eigenvalue weighted by Gasteiger charge is -2.35. The molecule has 3 aliphatic heterocycles. The fourth-order valence-electron chi connectivity index (χ4n) is 4.75. The third kappa shape index (κ3) is 5.32. The molecule has 3 aliphatic rings. The second-order valence-corrected chi connectivity index (χ2v) is 8.32. The van der Waals surface area contributed by atoms with Crippen LogP contribution < -0.4 is 10.2 Å². The van der Waals surface area contributed by atoms with Crippen LogP contribution in [0.5, 0.6) is 0 Å². The lowest BCUT2D eigenvalue weighted by atomic mass is 10.1. The highest BCUT2D eigenvalue weighted by Crippen LogP contribution is 2.22. The summed E-state index contributed by atoms with van der Waals surface area (Å²) in [6.07, 6.45) is 13.3. The predicted octanol–water partition coefficient (Wildman–Crippen LogP) is 3.30. The molecule has 150 valence electrons. The zero-order valence-electron chi connectivity index (χ0n) is 16.6. The van der Waals surface area contributed by atoms with Crippen LogP contribution in [0.1, 0.15) is 57.8 Å². The highest BCUT2D eigenvalue weighted by atomic mass is 16.5. The maximum Gasteiger partial charge on any atom is 0.224 e. The molecule has 4 rings (SSSR count). The Morgan fingerprint density at radius 1 is 0.926 bits per heavy atom. The Bertz CT molecular complexity index is 569. The number of likely N-dealkylation sites (tertiary alicyclic amines) is 1. The Morgan fingerprint density at radius 3 is 2.52 bits per heavy atom. The molecule has 0 spiro atoms. The van der Waals surface area contributed by atoms with Crippen molar-refractivity contribution in [3.63, 3.8) is 0 Å². The normalized spacial score (nSPS) is 26.4. The van der Waals surface area contributed by atoms with E-state index in [2.05, 4.69) is 26.2 Å². The van der Waals surface area contributed by atoms with Crippen molar-refractivity contribution in [2.75, 3.05) is 49.6 Å². The summed E-state index contributed by atoms with van der Waals surface area (Å²) in [7, 11) is 0. The van der Waals surface area contributed by atoms with Gasteiger partial charge < -0.3 is 15.0 Å². The topological polar surface area (TPSA) is 53.5 Å². The number of hydrogen-bond donors (Lipinski definition) is 1. The summed E-state index contributed by atoms with van der Waals surface area (Å²) in [6, 6.07) is 3.19. The van der Waals surface area contributed by atoms with Crippen LogP contribution >= 0.6 is 0 Å². The first-order valence-corrected chi connectivity index (χ1v) is 11.0. The molecule has 0 radical (unpaired) electrons. The third-order valence-corrected chi connectivity index (χ3v) is 6.31. The standard InChI is InChI=1S/C21H35N5O/c1-2-5-13-25(12-4-1)20-8-11-22-21(24-20)23-18-7-3-6-14-26(17-18)19-9-15-27-16-10-19/h8,11,18-19H,1-7,9-10,12-17H2,(H,22,23,24)/t18-/m0/s1. The number of aromatic nitrogens is 2. The van der Waals surface area contributed by atoms with Crippen LogP contribution in [0.3, 0.4) is 0 Å². The molecule has 1 atom stereocenters. The van der Waals surface area contributed by atoms with Crippen LogP contribution in [0.4, 0.5) is 11.8 Å². The molecule has 0 saturated carbocycles. The average molecular weight is 374 g/mol. The molecule has 6 nitrogen and oxygen atoms in total. The van der Waals surface area contributed by atoms with Gasteiger partial charge in [-0.1, -0.05) is 19.3 Å². The monoisotopic (exact) mass is 373 g/mol. The second kappa shape index (κ2) is 9.69. The molecule has 0 aromatic carbocycles. The molecule has 4 heterocycles. The fourth-order valence-corrected chi connectivity index (χ4v) is 4.75. The molecule has 1 aromatic rings. The van der Waals surface area contributed by atoms with E-state index < -0.39 is 0 Å². The van der Waals surface area contributed by atoms with E-state index in [1.54, 1.807) is 0 Å². The van der Waals surface area contributed by atoms with Gasteiger partial charge in [0.2, 0.25) is 5.95 Å². The van der Waals surface area contributed by atoms with Crippen molar-refractivity contribution in [1.82, 2.24) is 14.9 Å². The van der Waals surface area contributed by atoms with Gasteiger partial charge in [0.05, 0.1) is 0 Å². The lowest BCUT2D eigenvalue weighted by molar-refractivity contribution is 0.0344. The first-order chi connectivity index (χ1) is 13.4. The highest BCUT2D eigenvalue weighted by molar-refractivity contribution is 5.43. The van der Waals surface area contributed by atoms with Gasteiger partial charge in [-0.2, -0.15) is 4.98 Å². The SMILES string of the molecule is c1cc(N2CCCCCC2)nc(N[C@H]2CCCCN(C3CCOCC3)C2)n1. The van der Waals surface area contributed by atoms with Gasteiger partial charge in [0.25, 0.3) is 0 Å². The van der Waals surface area contributed by atoms with Gasteiger partial charge in [0.15, 0.2) is 0 Å². The van der Waals surface area contributed by atoms with Crippen molar-refractivity contribution in [1.29, 1.82) is 0 Å². The minimum Gasteiger partial charge on any atom is -0.381 e. The molecule has 0 unspecified atom stereocenters. The maximum absolute atomic E-state index is 5.56. The Balaban J connectivity index is 1.39. The minimum absolute atomic E-state index is 0.440. The Hall–Kier alpha value is -1.40. The quantitative estimate of drug-likeness (QED) is 0.874. The van der Waals surface area contributed by atoms with Crippen molar-refractivity contribution >= 4 is 11.8 Å². The first kappa shape index (κ1) is 18.9. The van der Waals surface area contributed by atoms with E-state index in [1.807, 2.05) is 6.20 Å². The molecule has 1 N–H and O–H groups in total. The van der Waals surface area contributed by atoms with Gasteiger partial charge in [0.1, 0.15) is 5.82 Å². The predicted molar refractivity (Wildman–Crippen MR) is 109 cm³/mol. The van der Waals surface area contributed by atoms with Gasteiger partial charge in [0, 0.05) is 51.1 Å². The van der Waals surface area contributed by atoms with E-state index in [1.165, 1.54) is 64.3 Å². The molecule has 0 amide bonds. The van der Waals surface area contributed by atoms with Crippen LogP contribution in [0, 0.1) is 0 Å². The summed E-state index contributed by atoms with van der Waals surface area (Å²) < 4.78 is 5.56. The van der Waals surface area contributed by atoms with E-state index in [0.29, 0.717) is 12.1 Å². The Kier molecular flexibility index (Phi) is 6.80. The van der Waals surface area contributed by atoms with Crippen LogP contribution in [0.25, 0.3) is 0 Å². The summed E-state index contributed by atoms with van der Waals surface area (Å²) in [5.74, 6) is 1.89. The summed E-state index contributed by atoms with van der Waals surface area (Å²) in [5, 5.41) is 3.66. The average Bonchev–Trinajstić information content (AvgIpc) is 3.12. The molecular weight excluding hydrogens is 338 g/mol. The first-order valence-electron chi connectivity index (χ1n) is 11.0. The third-order valence-electron chi connectivity index (χ3n) is 6.31. The van der Waals surface area contributed by atoms with Crippen LogP contribution in [0.2, 0.25) is 0 Å². The molecule has 3 saturated heterocycles. The zero-order valence-corrected chi connectivity index (χ0v) is 16.6.